The summed E-state index contributed by atoms with van der Waals surface area (Å²) in [6.07, 6.45) is 5.80. The lowest BCUT2D eigenvalue weighted by molar-refractivity contribution is -0.121. The fourth-order valence-corrected chi connectivity index (χ4v) is 2.36. The van der Waals surface area contributed by atoms with E-state index in [-0.39, 0.29) is 11.8 Å². The molecular weight excluding hydrogens is 234 g/mol. The van der Waals surface area contributed by atoms with Crippen LogP contribution < -0.4 is 5.73 Å². The first-order chi connectivity index (χ1) is 9.13. The Hall–Kier alpha value is -1.15. The number of nitrogens with two attached hydrogens (primary N) is 1. The minimum atomic E-state index is -0.259. The highest BCUT2D eigenvalue weighted by molar-refractivity contribution is 5.83. The maximum Gasteiger partial charge on any atom is 0.149 e. The molecule has 0 bridgehead atoms. The molecule has 1 unspecified atom stereocenters. The van der Waals surface area contributed by atoms with Crippen LogP contribution in [0, 0.1) is 5.92 Å². The van der Waals surface area contributed by atoms with Crippen molar-refractivity contribution in [2.75, 3.05) is 0 Å². The predicted octanol–water partition coefficient (Wildman–Crippen LogP) is 3.73. The first-order valence-corrected chi connectivity index (χ1v) is 7.45. The van der Waals surface area contributed by atoms with E-state index in [1.165, 1.54) is 18.4 Å². The van der Waals surface area contributed by atoms with Crippen molar-refractivity contribution in [2.24, 2.45) is 11.7 Å². The Balaban J connectivity index is 2.31. The topological polar surface area (TPSA) is 43.1 Å². The summed E-state index contributed by atoms with van der Waals surface area (Å²) in [5.74, 6) is 0.589. The van der Waals surface area contributed by atoms with Gasteiger partial charge in [-0.15, -0.1) is 0 Å². The summed E-state index contributed by atoms with van der Waals surface area (Å²) in [5, 5.41) is 0. The molecule has 0 aromatic heterocycles. The number of benzene rings is 1. The van der Waals surface area contributed by atoms with Crippen molar-refractivity contribution in [3.8, 4) is 0 Å². The molecule has 19 heavy (non-hydrogen) atoms. The van der Waals surface area contributed by atoms with Crippen LogP contribution in [0.15, 0.2) is 30.3 Å². The summed E-state index contributed by atoms with van der Waals surface area (Å²) in [4.78, 5) is 12.0. The summed E-state index contributed by atoms with van der Waals surface area (Å²) in [7, 11) is 0. The van der Waals surface area contributed by atoms with Crippen molar-refractivity contribution >= 4 is 5.78 Å². The van der Waals surface area contributed by atoms with Crippen molar-refractivity contribution in [3.05, 3.63) is 35.9 Å². The molecule has 1 aromatic carbocycles. The predicted molar refractivity (Wildman–Crippen MR) is 81.1 cm³/mol. The van der Waals surface area contributed by atoms with Crippen molar-refractivity contribution in [1.29, 1.82) is 0 Å². The maximum absolute atomic E-state index is 12.0. The second-order valence-electron chi connectivity index (χ2n) is 5.57. The third-order valence-electron chi connectivity index (χ3n) is 3.51. The van der Waals surface area contributed by atoms with E-state index in [1.807, 2.05) is 18.2 Å². The van der Waals surface area contributed by atoms with Crippen molar-refractivity contribution in [3.63, 3.8) is 0 Å². The van der Waals surface area contributed by atoms with E-state index in [0.717, 1.165) is 19.3 Å². The minimum Gasteiger partial charge on any atom is -0.322 e. The van der Waals surface area contributed by atoms with Gasteiger partial charge in [-0.2, -0.15) is 0 Å². The summed E-state index contributed by atoms with van der Waals surface area (Å²) in [6.45, 7) is 4.29. The second kappa shape index (κ2) is 8.87. The van der Waals surface area contributed by atoms with Gasteiger partial charge < -0.3 is 5.73 Å². The smallest absolute Gasteiger partial charge is 0.149 e. The van der Waals surface area contributed by atoms with Crippen molar-refractivity contribution in [1.82, 2.24) is 0 Å². The van der Waals surface area contributed by atoms with Crippen LogP contribution in [0.3, 0.4) is 0 Å². The van der Waals surface area contributed by atoms with E-state index in [9.17, 15) is 4.79 Å². The first-order valence-electron chi connectivity index (χ1n) is 7.45. The molecule has 2 atom stereocenters. The molecule has 0 amide bonds. The monoisotopic (exact) mass is 261 g/mol. The van der Waals surface area contributed by atoms with Crippen LogP contribution in [0.1, 0.15) is 51.5 Å². The standard InChI is InChI=1S/C17H27NO/c1-3-4-6-11-16(18)17(19)13-14(2)12-15-9-7-5-8-10-15/h5,7-10,14,16H,3-4,6,11-13,18H2,1-2H3/t14-,16?/m0/s1. The number of Topliss-reactive ketones (excluding diaryl/α,β-unsaturated/α-hetero) is 1. The minimum absolute atomic E-state index is 0.222. The highest BCUT2D eigenvalue weighted by Gasteiger charge is 2.16. The zero-order valence-corrected chi connectivity index (χ0v) is 12.3. The van der Waals surface area contributed by atoms with Gasteiger partial charge in [0.1, 0.15) is 5.78 Å². The van der Waals surface area contributed by atoms with E-state index < -0.39 is 0 Å². The van der Waals surface area contributed by atoms with Crippen LogP contribution in [0.4, 0.5) is 0 Å². The number of rotatable bonds is 9. The van der Waals surface area contributed by atoms with Gasteiger partial charge in [0.2, 0.25) is 0 Å². The van der Waals surface area contributed by atoms with Gasteiger partial charge in [0.05, 0.1) is 6.04 Å². The van der Waals surface area contributed by atoms with Crippen molar-refractivity contribution in [2.45, 2.75) is 58.4 Å². The van der Waals surface area contributed by atoms with Crippen LogP contribution in [0.25, 0.3) is 0 Å². The summed E-state index contributed by atoms with van der Waals surface area (Å²) < 4.78 is 0. The fraction of sp³-hybridized carbons (Fsp3) is 0.588. The van der Waals surface area contributed by atoms with E-state index in [4.69, 9.17) is 5.73 Å². The molecule has 0 saturated carbocycles. The first kappa shape index (κ1) is 15.9. The molecule has 0 fully saturated rings. The van der Waals surface area contributed by atoms with E-state index in [2.05, 4.69) is 26.0 Å². The van der Waals surface area contributed by atoms with Gasteiger partial charge in [-0.1, -0.05) is 63.4 Å². The van der Waals surface area contributed by atoms with Gasteiger partial charge in [0.25, 0.3) is 0 Å². The van der Waals surface area contributed by atoms with Crippen LogP contribution in [-0.4, -0.2) is 11.8 Å². The fourth-order valence-electron chi connectivity index (χ4n) is 2.36. The normalized spacial score (nSPS) is 14.1. The number of unbranched alkanes of at least 4 members (excludes halogenated alkanes) is 2. The molecule has 0 saturated heterocycles. The number of carbonyl (C=O) groups is 1. The molecule has 0 spiro atoms. The lowest BCUT2D eigenvalue weighted by atomic mass is 9.92. The quantitative estimate of drug-likeness (QED) is 0.688. The molecule has 0 aliphatic heterocycles. The molecule has 0 heterocycles. The van der Waals surface area contributed by atoms with Gasteiger partial charge in [-0.25, -0.2) is 0 Å². The van der Waals surface area contributed by atoms with Gasteiger partial charge >= 0.3 is 0 Å². The molecule has 1 rings (SSSR count). The number of carbonyl (C=O) groups excluding carboxylic acids is 1. The number of hydrogen-bond donors (Lipinski definition) is 1. The van der Waals surface area contributed by atoms with Gasteiger partial charge in [0.15, 0.2) is 0 Å². The van der Waals surface area contributed by atoms with Gasteiger partial charge in [-0.05, 0) is 24.3 Å². The maximum atomic E-state index is 12.0. The summed E-state index contributed by atoms with van der Waals surface area (Å²) >= 11 is 0. The molecule has 0 aliphatic rings. The Morgan fingerprint density at radius 1 is 1.21 bits per heavy atom. The molecule has 2 heteroatoms. The number of hydrogen-bond acceptors (Lipinski definition) is 2. The molecule has 1 aromatic rings. The average Bonchev–Trinajstić information content (AvgIpc) is 2.39. The Morgan fingerprint density at radius 2 is 1.89 bits per heavy atom. The average molecular weight is 261 g/mol. The molecule has 0 radical (unpaired) electrons. The largest absolute Gasteiger partial charge is 0.322 e. The zero-order valence-electron chi connectivity index (χ0n) is 12.3. The lowest BCUT2D eigenvalue weighted by Gasteiger charge is -2.14. The van der Waals surface area contributed by atoms with Gasteiger partial charge in [0, 0.05) is 6.42 Å². The molecule has 2 nitrogen and oxygen atoms in total. The third kappa shape index (κ3) is 6.53. The van der Waals surface area contributed by atoms with Gasteiger partial charge in [-0.3, -0.25) is 4.79 Å². The van der Waals surface area contributed by atoms with E-state index in [0.29, 0.717) is 12.3 Å². The van der Waals surface area contributed by atoms with Crippen LogP contribution in [0.2, 0.25) is 0 Å². The SMILES string of the molecule is CCCCCC(N)C(=O)C[C@@H](C)Cc1ccccc1. The Bertz CT molecular complexity index is 361. The highest BCUT2D eigenvalue weighted by atomic mass is 16.1. The van der Waals surface area contributed by atoms with Crippen LogP contribution >= 0.6 is 0 Å². The lowest BCUT2D eigenvalue weighted by Crippen LogP contribution is -2.31. The highest BCUT2D eigenvalue weighted by Crippen LogP contribution is 2.14. The summed E-state index contributed by atoms with van der Waals surface area (Å²) in [5.41, 5.74) is 7.24. The molecule has 2 N–H and O–H groups in total. The van der Waals surface area contributed by atoms with Crippen LogP contribution in [0.5, 0.6) is 0 Å². The van der Waals surface area contributed by atoms with Crippen LogP contribution in [-0.2, 0) is 11.2 Å². The Kier molecular flexibility index (Phi) is 7.42. The zero-order chi connectivity index (χ0) is 14.1. The molecular formula is C17H27NO. The Morgan fingerprint density at radius 3 is 2.53 bits per heavy atom. The Labute approximate surface area is 117 Å². The number of ketones is 1. The van der Waals surface area contributed by atoms with E-state index >= 15 is 0 Å². The summed E-state index contributed by atoms with van der Waals surface area (Å²) in [6, 6.07) is 10.1. The third-order valence-corrected chi connectivity index (χ3v) is 3.51. The van der Waals surface area contributed by atoms with Crippen molar-refractivity contribution < 1.29 is 4.79 Å². The molecule has 106 valence electrons. The second-order valence-corrected chi connectivity index (χ2v) is 5.57. The molecule has 0 aliphatic carbocycles. The van der Waals surface area contributed by atoms with E-state index in [1.54, 1.807) is 0 Å².